The molecule has 0 atom stereocenters. The predicted octanol–water partition coefficient (Wildman–Crippen LogP) is 2.13. The zero-order valence-corrected chi connectivity index (χ0v) is 11.8. The molecule has 0 spiro atoms. The first-order valence-corrected chi connectivity index (χ1v) is 6.77. The number of hydrogen-bond acceptors (Lipinski definition) is 4. The Morgan fingerprint density at radius 1 is 1.39 bits per heavy atom. The lowest BCUT2D eigenvalue weighted by Crippen LogP contribution is -2.27. The Hall–Kier alpha value is -1.23. The van der Waals surface area contributed by atoms with Crippen molar-refractivity contribution < 1.29 is 0 Å². The normalized spacial score (nSPS) is 19.3. The first-order valence-electron chi connectivity index (χ1n) is 6.36. The van der Waals surface area contributed by atoms with Gasteiger partial charge in [-0.2, -0.15) is 0 Å². The van der Waals surface area contributed by atoms with Crippen molar-refractivity contribution in [2.45, 2.75) is 33.1 Å². The topological polar surface area (TPSA) is 55.0 Å². The van der Waals surface area contributed by atoms with E-state index < -0.39 is 0 Å². The average molecular weight is 264 g/mol. The number of hydrogen-bond donors (Lipinski definition) is 1. The van der Waals surface area contributed by atoms with E-state index in [0.717, 1.165) is 25.5 Å². The number of nitrogens with zero attached hydrogens (tertiary/aromatic N) is 3. The summed E-state index contributed by atoms with van der Waals surface area (Å²) >= 11 is 4.96. The molecule has 1 saturated heterocycles. The molecule has 5 heteroatoms. The smallest absolute Gasteiger partial charge is 0.225 e. The summed E-state index contributed by atoms with van der Waals surface area (Å²) < 4.78 is 0. The quantitative estimate of drug-likeness (QED) is 0.829. The van der Waals surface area contributed by atoms with Crippen LogP contribution >= 0.6 is 12.2 Å². The molecule has 1 aliphatic rings. The average Bonchev–Trinajstić information content (AvgIpc) is 2.50. The number of anilines is 1. The highest BCUT2D eigenvalue weighted by atomic mass is 32.1. The lowest BCUT2D eigenvalue weighted by atomic mass is 9.85. The van der Waals surface area contributed by atoms with E-state index in [2.05, 4.69) is 28.7 Å². The molecule has 0 unspecified atom stereocenters. The van der Waals surface area contributed by atoms with Crippen molar-refractivity contribution in [3.8, 4) is 0 Å². The number of rotatable bonds is 2. The van der Waals surface area contributed by atoms with Gasteiger partial charge in [-0.1, -0.05) is 26.1 Å². The second-order valence-electron chi connectivity index (χ2n) is 5.61. The Balaban J connectivity index is 2.16. The van der Waals surface area contributed by atoms with Crippen molar-refractivity contribution in [1.29, 1.82) is 0 Å². The maximum Gasteiger partial charge on any atom is 0.225 e. The molecule has 1 aromatic heterocycles. The van der Waals surface area contributed by atoms with Crippen LogP contribution in [0.25, 0.3) is 0 Å². The lowest BCUT2D eigenvalue weighted by molar-refractivity contribution is 0.325. The Labute approximate surface area is 114 Å². The van der Waals surface area contributed by atoms with E-state index in [4.69, 9.17) is 18.0 Å². The molecule has 1 fully saturated rings. The van der Waals surface area contributed by atoms with Gasteiger partial charge in [-0.25, -0.2) is 9.97 Å². The number of nitrogens with two attached hydrogens (primary N) is 1. The minimum absolute atomic E-state index is 0.328. The lowest BCUT2D eigenvalue weighted by Gasteiger charge is -2.23. The van der Waals surface area contributed by atoms with Crippen LogP contribution in [0.4, 0.5) is 5.95 Å². The molecule has 2 rings (SSSR count). The molecule has 0 radical (unpaired) electrons. The van der Waals surface area contributed by atoms with Gasteiger partial charge in [0.25, 0.3) is 0 Å². The number of thiocarbonyl (C=S) groups is 1. The summed E-state index contributed by atoms with van der Waals surface area (Å²) in [6.07, 6.45) is 5.31. The van der Waals surface area contributed by atoms with Crippen molar-refractivity contribution in [2.75, 3.05) is 18.0 Å². The van der Waals surface area contributed by atoms with Gasteiger partial charge in [0.15, 0.2) is 0 Å². The molecule has 1 aromatic rings. The van der Waals surface area contributed by atoms with Gasteiger partial charge in [0.1, 0.15) is 10.7 Å². The standard InChI is InChI=1S/C13H20N4S/c1-13(2)5-3-8-17(9-6-13)12-15-7-4-10(16-12)11(14)18/h4,7H,3,5-6,8-9H2,1-2H3,(H2,14,18). The van der Waals surface area contributed by atoms with Crippen molar-refractivity contribution in [1.82, 2.24) is 9.97 Å². The van der Waals surface area contributed by atoms with Crippen molar-refractivity contribution in [3.63, 3.8) is 0 Å². The van der Waals surface area contributed by atoms with Crippen molar-refractivity contribution in [2.24, 2.45) is 11.1 Å². The van der Waals surface area contributed by atoms with Crippen LogP contribution in [0.15, 0.2) is 12.3 Å². The van der Waals surface area contributed by atoms with Gasteiger partial charge in [-0.3, -0.25) is 0 Å². The van der Waals surface area contributed by atoms with Crippen molar-refractivity contribution >= 4 is 23.2 Å². The highest BCUT2D eigenvalue weighted by molar-refractivity contribution is 7.80. The van der Waals surface area contributed by atoms with Crippen LogP contribution in [0.3, 0.4) is 0 Å². The summed E-state index contributed by atoms with van der Waals surface area (Å²) in [4.78, 5) is 11.3. The largest absolute Gasteiger partial charge is 0.388 e. The molecule has 4 nitrogen and oxygen atoms in total. The van der Waals surface area contributed by atoms with Crippen LogP contribution in [0, 0.1) is 5.41 Å². The fourth-order valence-electron chi connectivity index (χ4n) is 2.26. The first kappa shape index (κ1) is 13.2. The third-order valence-corrected chi connectivity index (χ3v) is 3.73. The highest BCUT2D eigenvalue weighted by Gasteiger charge is 2.24. The molecule has 98 valence electrons. The molecule has 1 aliphatic heterocycles. The van der Waals surface area contributed by atoms with E-state index in [9.17, 15) is 0 Å². The fraction of sp³-hybridized carbons (Fsp3) is 0.615. The molecule has 0 aliphatic carbocycles. The van der Waals surface area contributed by atoms with Gasteiger partial charge >= 0.3 is 0 Å². The second kappa shape index (κ2) is 5.18. The van der Waals surface area contributed by atoms with Crippen LogP contribution in [-0.4, -0.2) is 28.0 Å². The van der Waals surface area contributed by atoms with E-state index in [1.807, 2.05) is 0 Å². The number of aromatic nitrogens is 2. The van der Waals surface area contributed by atoms with Crippen LogP contribution in [-0.2, 0) is 0 Å². The van der Waals surface area contributed by atoms with Gasteiger partial charge in [0, 0.05) is 19.3 Å². The van der Waals surface area contributed by atoms with Crippen LogP contribution in [0.2, 0.25) is 0 Å². The first-order chi connectivity index (χ1) is 8.48. The minimum atomic E-state index is 0.328. The van der Waals surface area contributed by atoms with Gasteiger partial charge in [-0.05, 0) is 30.7 Å². The summed E-state index contributed by atoms with van der Waals surface area (Å²) in [7, 11) is 0. The summed E-state index contributed by atoms with van der Waals surface area (Å²) in [5.74, 6) is 0.748. The summed E-state index contributed by atoms with van der Waals surface area (Å²) in [5.41, 5.74) is 6.67. The highest BCUT2D eigenvalue weighted by Crippen LogP contribution is 2.30. The van der Waals surface area contributed by atoms with Gasteiger partial charge in [0.2, 0.25) is 5.95 Å². The summed E-state index contributed by atoms with van der Waals surface area (Å²) in [6.45, 7) is 6.64. The van der Waals surface area contributed by atoms with Crippen LogP contribution in [0.1, 0.15) is 38.8 Å². The van der Waals surface area contributed by atoms with E-state index in [1.165, 1.54) is 12.8 Å². The minimum Gasteiger partial charge on any atom is -0.388 e. The molecule has 0 saturated carbocycles. The molecule has 2 heterocycles. The van der Waals surface area contributed by atoms with Gasteiger partial charge in [0.05, 0.1) is 0 Å². The van der Waals surface area contributed by atoms with E-state index in [0.29, 0.717) is 16.1 Å². The van der Waals surface area contributed by atoms with Crippen LogP contribution < -0.4 is 10.6 Å². The monoisotopic (exact) mass is 264 g/mol. The van der Waals surface area contributed by atoms with E-state index in [1.54, 1.807) is 12.3 Å². The van der Waals surface area contributed by atoms with Gasteiger partial charge < -0.3 is 10.6 Å². The zero-order valence-electron chi connectivity index (χ0n) is 11.0. The van der Waals surface area contributed by atoms with E-state index >= 15 is 0 Å². The molecular formula is C13H20N4S. The SMILES string of the molecule is CC1(C)CCCN(c2nccc(C(N)=S)n2)CC1. The Morgan fingerprint density at radius 3 is 2.89 bits per heavy atom. The maximum atomic E-state index is 5.61. The molecule has 0 bridgehead atoms. The Kier molecular flexibility index (Phi) is 3.80. The molecule has 0 aromatic carbocycles. The maximum absolute atomic E-state index is 5.61. The fourth-order valence-corrected chi connectivity index (χ4v) is 2.37. The van der Waals surface area contributed by atoms with Gasteiger partial charge in [-0.15, -0.1) is 0 Å². The molecule has 18 heavy (non-hydrogen) atoms. The third-order valence-electron chi connectivity index (χ3n) is 3.52. The molecular weight excluding hydrogens is 244 g/mol. The third kappa shape index (κ3) is 3.16. The summed E-state index contributed by atoms with van der Waals surface area (Å²) in [5, 5.41) is 0. The van der Waals surface area contributed by atoms with Crippen molar-refractivity contribution in [3.05, 3.63) is 18.0 Å². The predicted molar refractivity (Wildman–Crippen MR) is 77.8 cm³/mol. The second-order valence-corrected chi connectivity index (χ2v) is 6.05. The molecule has 2 N–H and O–H groups in total. The van der Waals surface area contributed by atoms with Crippen LogP contribution in [0.5, 0.6) is 0 Å². The Bertz CT molecular complexity index is 444. The molecule has 0 amide bonds. The van der Waals surface area contributed by atoms with E-state index in [-0.39, 0.29) is 0 Å². The summed E-state index contributed by atoms with van der Waals surface area (Å²) in [6, 6.07) is 1.76. The zero-order chi connectivity index (χ0) is 13.2. The Morgan fingerprint density at radius 2 is 2.17 bits per heavy atom.